The molecule has 2 saturated heterocycles. The SMILES string of the molecule is N#Cc1ccccc1Cn1c(N2CCCCC2)nc2c(C(=O)N3CCOCC3)csc2c1=O. The number of aromatic nitrogens is 2. The molecule has 0 radical (unpaired) electrons. The van der Waals surface area contributed by atoms with Crippen LogP contribution in [0.25, 0.3) is 10.2 Å². The lowest BCUT2D eigenvalue weighted by Crippen LogP contribution is -2.40. The number of piperidine rings is 1. The van der Waals surface area contributed by atoms with Crippen LogP contribution in [0.2, 0.25) is 0 Å². The van der Waals surface area contributed by atoms with E-state index in [4.69, 9.17) is 9.72 Å². The number of nitrogens with zero attached hydrogens (tertiary/aromatic N) is 5. The van der Waals surface area contributed by atoms with Crippen molar-refractivity contribution in [1.82, 2.24) is 14.5 Å². The molecule has 0 saturated carbocycles. The minimum atomic E-state index is -0.167. The summed E-state index contributed by atoms with van der Waals surface area (Å²) in [7, 11) is 0. The molecule has 0 aliphatic carbocycles. The van der Waals surface area contributed by atoms with E-state index < -0.39 is 0 Å². The van der Waals surface area contributed by atoms with Gasteiger partial charge < -0.3 is 14.5 Å². The second-order valence-electron chi connectivity index (χ2n) is 8.35. The number of rotatable bonds is 4. The minimum absolute atomic E-state index is 0.103. The number of fused-ring (bicyclic) bond motifs is 1. The van der Waals surface area contributed by atoms with Gasteiger partial charge in [-0.3, -0.25) is 14.2 Å². The molecule has 2 fully saturated rings. The number of thiophene rings is 1. The Morgan fingerprint density at radius 2 is 1.88 bits per heavy atom. The van der Waals surface area contributed by atoms with Crippen molar-refractivity contribution in [3.05, 3.63) is 56.7 Å². The number of nitriles is 1. The number of benzene rings is 1. The Balaban J connectivity index is 1.63. The van der Waals surface area contributed by atoms with Crippen molar-refractivity contribution in [3.8, 4) is 6.07 Å². The molecule has 2 aromatic heterocycles. The molecule has 2 aliphatic rings. The average Bonchev–Trinajstić information content (AvgIpc) is 3.30. The fourth-order valence-corrected chi connectivity index (χ4v) is 5.42. The Labute approximate surface area is 195 Å². The number of ether oxygens (including phenoxy) is 1. The molecule has 0 unspecified atom stereocenters. The zero-order valence-corrected chi connectivity index (χ0v) is 19.1. The lowest BCUT2D eigenvalue weighted by atomic mass is 10.1. The third-order valence-corrected chi connectivity index (χ3v) is 7.25. The highest BCUT2D eigenvalue weighted by molar-refractivity contribution is 7.17. The number of hydrogen-bond donors (Lipinski definition) is 0. The van der Waals surface area contributed by atoms with E-state index in [2.05, 4.69) is 11.0 Å². The Morgan fingerprint density at radius 1 is 1.12 bits per heavy atom. The van der Waals surface area contributed by atoms with Crippen molar-refractivity contribution < 1.29 is 9.53 Å². The second kappa shape index (κ2) is 9.33. The van der Waals surface area contributed by atoms with E-state index in [9.17, 15) is 14.9 Å². The predicted molar refractivity (Wildman–Crippen MR) is 127 cm³/mol. The monoisotopic (exact) mass is 463 g/mol. The molecule has 0 spiro atoms. The largest absolute Gasteiger partial charge is 0.378 e. The first kappa shape index (κ1) is 21.6. The molecule has 8 nitrogen and oxygen atoms in total. The second-order valence-corrected chi connectivity index (χ2v) is 9.23. The van der Waals surface area contributed by atoms with Gasteiger partial charge in [-0.2, -0.15) is 5.26 Å². The van der Waals surface area contributed by atoms with Gasteiger partial charge in [0.25, 0.3) is 11.5 Å². The van der Waals surface area contributed by atoms with Crippen molar-refractivity contribution in [1.29, 1.82) is 5.26 Å². The van der Waals surface area contributed by atoms with Crippen LogP contribution in [0.3, 0.4) is 0 Å². The first-order valence-electron chi connectivity index (χ1n) is 11.3. The number of morpholine rings is 1. The third kappa shape index (κ3) is 4.12. The molecular formula is C24H25N5O3S. The van der Waals surface area contributed by atoms with Crippen LogP contribution in [0.4, 0.5) is 5.95 Å². The van der Waals surface area contributed by atoms with E-state index in [1.807, 2.05) is 18.2 Å². The molecule has 0 bridgehead atoms. The van der Waals surface area contributed by atoms with E-state index in [-0.39, 0.29) is 18.0 Å². The molecule has 1 amide bonds. The van der Waals surface area contributed by atoms with Crippen LogP contribution in [0.15, 0.2) is 34.4 Å². The Morgan fingerprint density at radius 3 is 2.64 bits per heavy atom. The van der Waals surface area contributed by atoms with Crippen molar-refractivity contribution in [2.24, 2.45) is 0 Å². The number of anilines is 1. The zero-order valence-electron chi connectivity index (χ0n) is 18.3. The van der Waals surface area contributed by atoms with E-state index in [1.165, 1.54) is 11.3 Å². The molecule has 3 aromatic rings. The van der Waals surface area contributed by atoms with Gasteiger partial charge in [0.1, 0.15) is 10.2 Å². The standard InChI is InChI=1S/C24H25N5O3S/c25-14-17-6-2-3-7-18(17)15-29-23(31)21-20(26-24(29)28-8-4-1-5-9-28)19(16-33-21)22(30)27-10-12-32-13-11-27/h2-3,6-7,16H,1,4-5,8-13,15H2. The van der Waals surface area contributed by atoms with E-state index in [0.29, 0.717) is 53.6 Å². The first-order chi connectivity index (χ1) is 16.2. The lowest BCUT2D eigenvalue weighted by Gasteiger charge is -2.30. The fraction of sp³-hybridized carbons (Fsp3) is 0.417. The van der Waals surface area contributed by atoms with Gasteiger partial charge in [0.15, 0.2) is 0 Å². The first-order valence-corrected chi connectivity index (χ1v) is 12.2. The van der Waals surface area contributed by atoms with Gasteiger partial charge in [0.05, 0.1) is 37.0 Å². The van der Waals surface area contributed by atoms with Crippen LogP contribution in [-0.4, -0.2) is 59.8 Å². The summed E-state index contributed by atoms with van der Waals surface area (Å²) in [6, 6.07) is 9.55. The van der Waals surface area contributed by atoms with E-state index in [1.54, 1.807) is 20.9 Å². The van der Waals surface area contributed by atoms with Gasteiger partial charge in [-0.15, -0.1) is 11.3 Å². The Hall–Kier alpha value is -3.22. The summed E-state index contributed by atoms with van der Waals surface area (Å²) in [6.07, 6.45) is 3.22. The number of carbonyl (C=O) groups is 1. The van der Waals surface area contributed by atoms with E-state index in [0.717, 1.165) is 37.9 Å². The topological polar surface area (TPSA) is 91.5 Å². The summed E-state index contributed by atoms with van der Waals surface area (Å²) in [5.74, 6) is 0.475. The van der Waals surface area contributed by atoms with Gasteiger partial charge in [-0.1, -0.05) is 18.2 Å². The summed E-state index contributed by atoms with van der Waals surface area (Å²) in [4.78, 5) is 35.7. The predicted octanol–water partition coefficient (Wildman–Crippen LogP) is 2.84. The highest BCUT2D eigenvalue weighted by Crippen LogP contribution is 2.27. The van der Waals surface area contributed by atoms with Gasteiger partial charge >= 0.3 is 0 Å². The number of carbonyl (C=O) groups excluding carboxylic acids is 1. The maximum absolute atomic E-state index is 13.7. The number of amides is 1. The highest BCUT2D eigenvalue weighted by Gasteiger charge is 2.26. The van der Waals surface area contributed by atoms with Gasteiger partial charge in [0.2, 0.25) is 5.95 Å². The molecule has 4 heterocycles. The molecule has 33 heavy (non-hydrogen) atoms. The number of hydrogen-bond acceptors (Lipinski definition) is 7. The summed E-state index contributed by atoms with van der Waals surface area (Å²) in [5, 5.41) is 11.3. The van der Waals surface area contributed by atoms with Crippen LogP contribution < -0.4 is 10.5 Å². The normalized spacial score (nSPS) is 16.7. The summed E-state index contributed by atoms with van der Waals surface area (Å²) < 4.78 is 7.52. The van der Waals surface area contributed by atoms with Crippen molar-refractivity contribution >= 4 is 33.4 Å². The quantitative estimate of drug-likeness (QED) is 0.591. The smallest absolute Gasteiger partial charge is 0.273 e. The molecule has 2 aliphatic heterocycles. The minimum Gasteiger partial charge on any atom is -0.378 e. The van der Waals surface area contributed by atoms with Crippen LogP contribution in [-0.2, 0) is 11.3 Å². The molecule has 1 aromatic carbocycles. The van der Waals surface area contributed by atoms with Gasteiger partial charge in [-0.25, -0.2) is 4.98 Å². The molecule has 0 atom stereocenters. The molecule has 0 N–H and O–H groups in total. The fourth-order valence-electron chi connectivity index (χ4n) is 4.49. The van der Waals surface area contributed by atoms with Crippen LogP contribution in [0.5, 0.6) is 0 Å². The van der Waals surface area contributed by atoms with Crippen molar-refractivity contribution in [2.45, 2.75) is 25.8 Å². The summed E-state index contributed by atoms with van der Waals surface area (Å²) >= 11 is 1.26. The van der Waals surface area contributed by atoms with Crippen LogP contribution in [0.1, 0.15) is 40.7 Å². The maximum atomic E-state index is 13.7. The van der Waals surface area contributed by atoms with Gasteiger partial charge in [-0.05, 0) is 30.9 Å². The van der Waals surface area contributed by atoms with Crippen molar-refractivity contribution in [3.63, 3.8) is 0 Å². The summed E-state index contributed by atoms with van der Waals surface area (Å²) in [6.45, 7) is 4.01. The van der Waals surface area contributed by atoms with Crippen molar-refractivity contribution in [2.75, 3.05) is 44.3 Å². The average molecular weight is 464 g/mol. The van der Waals surface area contributed by atoms with Crippen LogP contribution >= 0.6 is 11.3 Å². The van der Waals surface area contributed by atoms with E-state index >= 15 is 0 Å². The lowest BCUT2D eigenvalue weighted by molar-refractivity contribution is 0.0304. The van der Waals surface area contributed by atoms with Gasteiger partial charge in [0, 0.05) is 31.6 Å². The molecule has 5 rings (SSSR count). The Kier molecular flexibility index (Phi) is 6.11. The maximum Gasteiger partial charge on any atom is 0.273 e. The Bertz CT molecular complexity index is 1280. The summed E-state index contributed by atoms with van der Waals surface area (Å²) in [5.41, 5.74) is 2.12. The molecule has 170 valence electrons. The highest BCUT2D eigenvalue weighted by atomic mass is 32.1. The third-order valence-electron chi connectivity index (χ3n) is 6.29. The molecule has 9 heteroatoms. The zero-order chi connectivity index (χ0) is 22.8. The van der Waals surface area contributed by atoms with Crippen LogP contribution in [0, 0.1) is 11.3 Å². The molecular weight excluding hydrogens is 438 g/mol.